The van der Waals surface area contributed by atoms with Crippen LogP contribution in [0.4, 0.5) is 4.39 Å². The van der Waals surface area contributed by atoms with Gasteiger partial charge < -0.3 is 9.88 Å². The molecule has 3 rings (SSSR count). The van der Waals surface area contributed by atoms with Crippen molar-refractivity contribution in [2.24, 2.45) is 0 Å². The van der Waals surface area contributed by atoms with Gasteiger partial charge in [-0.15, -0.1) is 10.2 Å². The van der Waals surface area contributed by atoms with Gasteiger partial charge in [0.15, 0.2) is 5.82 Å². The summed E-state index contributed by atoms with van der Waals surface area (Å²) in [6, 6.07) is 6.03. The number of hydrogen-bond acceptors (Lipinski definition) is 4. The minimum Gasteiger partial charge on any atom is -0.343 e. The number of carbonyl (C=O) groups is 1. The first-order chi connectivity index (χ1) is 11.6. The molecule has 0 saturated carbocycles. The summed E-state index contributed by atoms with van der Waals surface area (Å²) in [4.78, 5) is 28.6. The summed E-state index contributed by atoms with van der Waals surface area (Å²) >= 11 is 0. The lowest BCUT2D eigenvalue weighted by Gasteiger charge is -2.26. The van der Waals surface area contributed by atoms with Gasteiger partial charge in [0.05, 0.1) is 5.56 Å². The van der Waals surface area contributed by atoms with Gasteiger partial charge >= 0.3 is 0 Å². The molecule has 126 valence electrons. The fourth-order valence-electron chi connectivity index (χ4n) is 2.83. The van der Waals surface area contributed by atoms with E-state index in [1.807, 2.05) is 4.90 Å². The first-order valence-corrected chi connectivity index (χ1v) is 8.13. The van der Waals surface area contributed by atoms with Crippen LogP contribution in [-0.2, 0) is 11.2 Å². The minimum atomic E-state index is -0.476. The van der Waals surface area contributed by atoms with Gasteiger partial charge in [-0.2, -0.15) is 0 Å². The monoisotopic (exact) mass is 330 g/mol. The maximum atomic E-state index is 13.7. The van der Waals surface area contributed by atoms with E-state index >= 15 is 0 Å². The van der Waals surface area contributed by atoms with E-state index in [2.05, 4.69) is 15.2 Å². The fraction of sp³-hybridized carbons (Fsp3) is 0.412. The van der Waals surface area contributed by atoms with E-state index in [9.17, 15) is 14.0 Å². The van der Waals surface area contributed by atoms with Crippen molar-refractivity contribution < 1.29 is 9.18 Å². The van der Waals surface area contributed by atoms with Crippen LogP contribution in [0.3, 0.4) is 0 Å². The Labute approximate surface area is 138 Å². The van der Waals surface area contributed by atoms with E-state index in [-0.39, 0.29) is 35.8 Å². The van der Waals surface area contributed by atoms with Gasteiger partial charge in [-0.3, -0.25) is 9.59 Å². The Balaban J connectivity index is 1.68. The molecule has 6 nitrogen and oxygen atoms in total. The van der Waals surface area contributed by atoms with E-state index in [4.69, 9.17) is 0 Å². The van der Waals surface area contributed by atoms with Crippen LogP contribution >= 0.6 is 0 Å². The zero-order valence-corrected chi connectivity index (χ0v) is 13.3. The zero-order chi connectivity index (χ0) is 16.9. The molecule has 7 heteroatoms. The van der Waals surface area contributed by atoms with Gasteiger partial charge in [0.1, 0.15) is 11.5 Å². The zero-order valence-electron chi connectivity index (χ0n) is 13.3. The number of benzene rings is 1. The Morgan fingerprint density at radius 2 is 1.92 bits per heavy atom. The van der Waals surface area contributed by atoms with Crippen LogP contribution in [0.5, 0.6) is 0 Å². The molecule has 1 saturated heterocycles. The predicted molar refractivity (Wildman–Crippen MR) is 86.8 cm³/mol. The molecule has 1 aromatic carbocycles. The Hall–Kier alpha value is -2.57. The van der Waals surface area contributed by atoms with Crippen LogP contribution in [-0.4, -0.2) is 39.1 Å². The molecule has 1 amide bonds. The lowest BCUT2D eigenvalue weighted by atomic mass is 10.1. The van der Waals surface area contributed by atoms with E-state index in [1.165, 1.54) is 12.1 Å². The quantitative estimate of drug-likeness (QED) is 0.929. The SMILES string of the molecule is O=C(CCc1nnc(-c2ccccc2F)[nH]c1=O)N1CCCCC1. The fourth-order valence-corrected chi connectivity index (χ4v) is 2.83. The number of nitrogens with zero attached hydrogens (tertiary/aromatic N) is 3. The molecule has 1 aliphatic rings. The van der Waals surface area contributed by atoms with Crippen LogP contribution in [0.25, 0.3) is 11.4 Å². The van der Waals surface area contributed by atoms with Crippen LogP contribution in [0.1, 0.15) is 31.4 Å². The summed E-state index contributed by atoms with van der Waals surface area (Å²) in [5.41, 5.74) is -0.0480. The number of aromatic amines is 1. The number of hydrogen-bond donors (Lipinski definition) is 1. The lowest BCUT2D eigenvalue weighted by Crippen LogP contribution is -2.36. The molecule has 0 bridgehead atoms. The number of H-pyrrole nitrogens is 1. The Morgan fingerprint density at radius 1 is 1.17 bits per heavy atom. The van der Waals surface area contributed by atoms with Gasteiger partial charge in [0.25, 0.3) is 5.56 Å². The molecule has 1 N–H and O–H groups in total. The summed E-state index contributed by atoms with van der Waals surface area (Å²) in [6.07, 6.45) is 3.69. The van der Waals surface area contributed by atoms with Crippen LogP contribution in [0.2, 0.25) is 0 Å². The third kappa shape index (κ3) is 3.67. The molecule has 2 heterocycles. The molecule has 24 heavy (non-hydrogen) atoms. The molecule has 2 aromatic rings. The van der Waals surface area contributed by atoms with Gasteiger partial charge in [-0.1, -0.05) is 12.1 Å². The number of likely N-dealkylation sites (tertiary alicyclic amines) is 1. The van der Waals surface area contributed by atoms with E-state index in [1.54, 1.807) is 12.1 Å². The highest BCUT2D eigenvalue weighted by Gasteiger charge is 2.17. The second-order valence-corrected chi connectivity index (χ2v) is 5.87. The van der Waals surface area contributed by atoms with Crippen molar-refractivity contribution in [2.45, 2.75) is 32.1 Å². The van der Waals surface area contributed by atoms with E-state index in [0.717, 1.165) is 32.4 Å². The molecule has 1 aliphatic heterocycles. The van der Waals surface area contributed by atoms with Crippen molar-refractivity contribution in [1.82, 2.24) is 20.1 Å². The number of rotatable bonds is 4. The van der Waals surface area contributed by atoms with Crippen molar-refractivity contribution in [3.63, 3.8) is 0 Å². The number of aromatic nitrogens is 3. The number of carbonyl (C=O) groups excluding carboxylic acids is 1. The van der Waals surface area contributed by atoms with Crippen LogP contribution in [0.15, 0.2) is 29.1 Å². The standard InChI is InChI=1S/C17H19FN4O2/c18-13-7-3-2-6-12(13)16-19-17(24)14(20-21-16)8-9-15(23)22-10-4-1-5-11-22/h2-3,6-7H,1,4-5,8-11H2,(H,19,21,24). The van der Waals surface area contributed by atoms with Gasteiger partial charge in [-0.05, 0) is 31.4 Å². The highest BCUT2D eigenvalue weighted by molar-refractivity contribution is 5.76. The molecule has 1 fully saturated rings. The summed E-state index contributed by atoms with van der Waals surface area (Å²) in [6.45, 7) is 1.57. The van der Waals surface area contributed by atoms with Crippen molar-refractivity contribution in [1.29, 1.82) is 0 Å². The molecule has 0 spiro atoms. The lowest BCUT2D eigenvalue weighted by molar-refractivity contribution is -0.132. The van der Waals surface area contributed by atoms with E-state index in [0.29, 0.717) is 0 Å². The first-order valence-electron chi connectivity index (χ1n) is 8.13. The summed E-state index contributed by atoms with van der Waals surface area (Å²) < 4.78 is 13.7. The van der Waals surface area contributed by atoms with Crippen molar-refractivity contribution in [3.05, 3.63) is 46.1 Å². The average molecular weight is 330 g/mol. The molecule has 0 radical (unpaired) electrons. The average Bonchev–Trinajstić information content (AvgIpc) is 2.61. The second kappa shape index (κ2) is 7.33. The van der Waals surface area contributed by atoms with Gasteiger partial charge in [0.2, 0.25) is 5.91 Å². The minimum absolute atomic E-state index is 0.0362. The molecule has 0 aliphatic carbocycles. The van der Waals surface area contributed by atoms with Gasteiger partial charge in [-0.25, -0.2) is 4.39 Å². The third-order valence-corrected chi connectivity index (χ3v) is 4.18. The summed E-state index contributed by atoms with van der Waals surface area (Å²) in [5, 5.41) is 7.77. The normalized spacial score (nSPS) is 14.6. The van der Waals surface area contributed by atoms with Crippen molar-refractivity contribution >= 4 is 5.91 Å². The Bertz CT molecular complexity index is 784. The van der Waals surface area contributed by atoms with Crippen LogP contribution < -0.4 is 5.56 Å². The number of halogens is 1. The second-order valence-electron chi connectivity index (χ2n) is 5.87. The molecule has 1 aromatic heterocycles. The number of amides is 1. The Kier molecular flexibility index (Phi) is 4.98. The van der Waals surface area contributed by atoms with Crippen LogP contribution in [0, 0.1) is 5.82 Å². The van der Waals surface area contributed by atoms with Gasteiger partial charge in [0, 0.05) is 25.9 Å². The Morgan fingerprint density at radius 3 is 2.62 bits per heavy atom. The predicted octanol–water partition coefficient (Wildman–Crippen LogP) is 1.92. The third-order valence-electron chi connectivity index (χ3n) is 4.18. The highest BCUT2D eigenvalue weighted by atomic mass is 19.1. The summed E-state index contributed by atoms with van der Waals surface area (Å²) in [7, 11) is 0. The highest BCUT2D eigenvalue weighted by Crippen LogP contribution is 2.16. The molecule has 0 atom stereocenters. The molecular weight excluding hydrogens is 311 g/mol. The number of nitrogens with one attached hydrogen (secondary N) is 1. The topological polar surface area (TPSA) is 79.0 Å². The number of aryl methyl sites for hydroxylation is 1. The smallest absolute Gasteiger partial charge is 0.273 e. The molecule has 0 unspecified atom stereocenters. The number of piperidine rings is 1. The first kappa shape index (κ1) is 16.3. The van der Waals surface area contributed by atoms with Crippen molar-refractivity contribution in [3.8, 4) is 11.4 Å². The molecular formula is C17H19FN4O2. The largest absolute Gasteiger partial charge is 0.343 e. The van der Waals surface area contributed by atoms with Crippen molar-refractivity contribution in [2.75, 3.05) is 13.1 Å². The maximum absolute atomic E-state index is 13.7. The maximum Gasteiger partial charge on any atom is 0.273 e. The summed E-state index contributed by atoms with van der Waals surface area (Å²) in [5.74, 6) is -0.353. The van der Waals surface area contributed by atoms with E-state index < -0.39 is 11.4 Å².